The number of halogens is 1. The van der Waals surface area contributed by atoms with Crippen LogP contribution < -0.4 is 15.4 Å². The molecule has 0 aromatic heterocycles. The van der Waals surface area contributed by atoms with Crippen LogP contribution in [-0.2, 0) is 0 Å². The SMILES string of the molecule is CCC(O)CCNC(=O)Nc1cc(OC)ccc1F. The molecule has 3 N–H and O–H groups in total. The fraction of sp³-hybridized carbons (Fsp3) is 0.462. The molecule has 1 aromatic carbocycles. The summed E-state index contributed by atoms with van der Waals surface area (Å²) in [5, 5.41) is 14.3. The number of hydrogen-bond donors (Lipinski definition) is 3. The van der Waals surface area contributed by atoms with Crippen molar-refractivity contribution in [3.8, 4) is 5.75 Å². The van der Waals surface area contributed by atoms with Crippen molar-refractivity contribution in [3.63, 3.8) is 0 Å². The van der Waals surface area contributed by atoms with Gasteiger partial charge in [0.2, 0.25) is 0 Å². The molecule has 0 saturated carbocycles. The van der Waals surface area contributed by atoms with E-state index in [0.29, 0.717) is 25.1 Å². The van der Waals surface area contributed by atoms with Crippen molar-refractivity contribution in [2.24, 2.45) is 0 Å². The summed E-state index contributed by atoms with van der Waals surface area (Å²) in [5.74, 6) is -0.0809. The zero-order valence-corrected chi connectivity index (χ0v) is 11.1. The van der Waals surface area contributed by atoms with Gasteiger partial charge in [-0.15, -0.1) is 0 Å². The molecular weight excluding hydrogens is 251 g/mol. The molecule has 1 aromatic rings. The van der Waals surface area contributed by atoms with E-state index in [2.05, 4.69) is 10.6 Å². The molecule has 106 valence electrons. The number of ether oxygens (including phenoxy) is 1. The Labute approximate surface area is 111 Å². The molecule has 0 bridgehead atoms. The second-order valence-electron chi connectivity index (χ2n) is 4.08. The lowest BCUT2D eigenvalue weighted by atomic mass is 10.2. The van der Waals surface area contributed by atoms with Crippen LogP contribution >= 0.6 is 0 Å². The van der Waals surface area contributed by atoms with E-state index in [-0.39, 0.29) is 5.69 Å². The number of carbonyl (C=O) groups is 1. The summed E-state index contributed by atoms with van der Waals surface area (Å²) in [6.45, 7) is 2.18. The minimum Gasteiger partial charge on any atom is -0.497 e. The molecule has 1 unspecified atom stereocenters. The van der Waals surface area contributed by atoms with Crippen LogP contribution in [0.25, 0.3) is 0 Å². The number of hydrogen-bond acceptors (Lipinski definition) is 3. The Morgan fingerprint density at radius 2 is 2.26 bits per heavy atom. The summed E-state index contributed by atoms with van der Waals surface area (Å²) in [6, 6.07) is 3.57. The van der Waals surface area contributed by atoms with E-state index in [0.717, 1.165) is 0 Å². The van der Waals surface area contributed by atoms with Gasteiger partial charge in [0.25, 0.3) is 0 Å². The smallest absolute Gasteiger partial charge is 0.319 e. The van der Waals surface area contributed by atoms with Gasteiger partial charge in [-0.1, -0.05) is 6.92 Å². The fourth-order valence-electron chi connectivity index (χ4n) is 1.45. The summed E-state index contributed by atoms with van der Waals surface area (Å²) >= 11 is 0. The molecular formula is C13H19FN2O3. The Morgan fingerprint density at radius 1 is 1.53 bits per heavy atom. The lowest BCUT2D eigenvalue weighted by molar-refractivity contribution is 0.160. The van der Waals surface area contributed by atoms with Gasteiger partial charge in [0.05, 0.1) is 18.9 Å². The van der Waals surface area contributed by atoms with Gasteiger partial charge in [-0.3, -0.25) is 0 Å². The van der Waals surface area contributed by atoms with Gasteiger partial charge < -0.3 is 20.5 Å². The molecule has 6 heteroatoms. The van der Waals surface area contributed by atoms with Crippen LogP contribution in [0.1, 0.15) is 19.8 Å². The first-order valence-electron chi connectivity index (χ1n) is 6.13. The highest BCUT2D eigenvalue weighted by atomic mass is 19.1. The lowest BCUT2D eigenvalue weighted by Crippen LogP contribution is -2.31. The van der Waals surface area contributed by atoms with E-state index in [4.69, 9.17) is 4.74 Å². The van der Waals surface area contributed by atoms with Crippen molar-refractivity contribution in [1.29, 1.82) is 0 Å². The molecule has 0 fully saturated rings. The van der Waals surface area contributed by atoms with Gasteiger partial charge in [0.15, 0.2) is 0 Å². The van der Waals surface area contributed by atoms with E-state index in [1.807, 2.05) is 6.92 Å². The highest BCUT2D eigenvalue weighted by Gasteiger charge is 2.08. The first kappa shape index (κ1) is 15.2. The van der Waals surface area contributed by atoms with E-state index < -0.39 is 18.0 Å². The van der Waals surface area contributed by atoms with Crippen molar-refractivity contribution in [1.82, 2.24) is 5.32 Å². The molecule has 5 nitrogen and oxygen atoms in total. The standard InChI is InChI=1S/C13H19FN2O3/c1-3-9(17)6-7-15-13(18)16-12-8-10(19-2)4-5-11(12)14/h4-5,8-9,17H,3,6-7H2,1-2H3,(H2,15,16,18). The van der Waals surface area contributed by atoms with Crippen LogP contribution in [0.5, 0.6) is 5.75 Å². The molecule has 2 amide bonds. The highest BCUT2D eigenvalue weighted by Crippen LogP contribution is 2.20. The van der Waals surface area contributed by atoms with E-state index in [1.165, 1.54) is 25.3 Å². The number of carbonyl (C=O) groups excluding carboxylic acids is 1. The number of urea groups is 1. The van der Waals surface area contributed by atoms with Gasteiger partial charge in [-0.05, 0) is 25.0 Å². The topological polar surface area (TPSA) is 70.6 Å². The second kappa shape index (κ2) is 7.58. The zero-order chi connectivity index (χ0) is 14.3. The summed E-state index contributed by atoms with van der Waals surface area (Å²) in [4.78, 5) is 11.5. The van der Waals surface area contributed by atoms with Crippen molar-refractivity contribution in [3.05, 3.63) is 24.0 Å². The number of anilines is 1. The third-order valence-corrected chi connectivity index (χ3v) is 2.66. The predicted octanol–water partition coefficient (Wildman–Crippen LogP) is 2.12. The van der Waals surface area contributed by atoms with Crippen molar-refractivity contribution in [2.45, 2.75) is 25.9 Å². The molecule has 0 aliphatic carbocycles. The number of amides is 2. The van der Waals surface area contributed by atoms with Crippen molar-refractivity contribution < 1.29 is 19.0 Å². The fourth-order valence-corrected chi connectivity index (χ4v) is 1.45. The average molecular weight is 270 g/mol. The molecule has 0 aliphatic rings. The summed E-state index contributed by atoms with van der Waals surface area (Å²) < 4.78 is 18.4. The molecule has 1 rings (SSSR count). The molecule has 0 aliphatic heterocycles. The summed E-state index contributed by atoms with van der Waals surface area (Å²) in [5.41, 5.74) is 0.0490. The number of aliphatic hydroxyl groups excluding tert-OH is 1. The molecule has 0 radical (unpaired) electrons. The predicted molar refractivity (Wildman–Crippen MR) is 70.9 cm³/mol. The highest BCUT2D eigenvalue weighted by molar-refractivity contribution is 5.89. The molecule has 0 spiro atoms. The first-order chi connectivity index (χ1) is 9.06. The number of methoxy groups -OCH3 is 1. The lowest BCUT2D eigenvalue weighted by Gasteiger charge is -2.11. The summed E-state index contributed by atoms with van der Waals surface area (Å²) in [6.07, 6.45) is 0.659. The zero-order valence-electron chi connectivity index (χ0n) is 11.1. The van der Waals surface area contributed by atoms with Gasteiger partial charge in [-0.2, -0.15) is 0 Å². The van der Waals surface area contributed by atoms with Crippen LogP contribution in [0.4, 0.5) is 14.9 Å². The Balaban J connectivity index is 2.48. The minimum absolute atomic E-state index is 0.0490. The molecule has 1 atom stereocenters. The van der Waals surface area contributed by atoms with Gasteiger partial charge in [-0.25, -0.2) is 9.18 Å². The van der Waals surface area contributed by atoms with E-state index >= 15 is 0 Å². The Kier molecular flexibility index (Phi) is 6.08. The average Bonchev–Trinajstić information content (AvgIpc) is 2.41. The van der Waals surface area contributed by atoms with Gasteiger partial charge in [0, 0.05) is 12.6 Å². The molecule has 0 saturated heterocycles. The normalized spacial score (nSPS) is 11.8. The summed E-state index contributed by atoms with van der Waals surface area (Å²) in [7, 11) is 1.46. The van der Waals surface area contributed by atoms with Crippen molar-refractivity contribution in [2.75, 3.05) is 19.0 Å². The van der Waals surface area contributed by atoms with Crippen LogP contribution in [0.3, 0.4) is 0 Å². The first-order valence-corrected chi connectivity index (χ1v) is 6.13. The maximum atomic E-state index is 13.4. The maximum Gasteiger partial charge on any atom is 0.319 e. The number of rotatable bonds is 6. The Hall–Kier alpha value is -1.82. The van der Waals surface area contributed by atoms with Crippen molar-refractivity contribution >= 4 is 11.7 Å². The van der Waals surface area contributed by atoms with Crippen LogP contribution in [0, 0.1) is 5.82 Å². The monoisotopic (exact) mass is 270 g/mol. The maximum absolute atomic E-state index is 13.4. The third kappa shape index (κ3) is 5.13. The van der Waals surface area contributed by atoms with Gasteiger partial charge >= 0.3 is 6.03 Å². The van der Waals surface area contributed by atoms with Crippen LogP contribution in [0.2, 0.25) is 0 Å². The third-order valence-electron chi connectivity index (χ3n) is 2.66. The van der Waals surface area contributed by atoms with Crippen LogP contribution in [-0.4, -0.2) is 30.9 Å². The van der Waals surface area contributed by atoms with Crippen LogP contribution in [0.15, 0.2) is 18.2 Å². The Bertz CT molecular complexity index is 426. The van der Waals surface area contributed by atoms with E-state index in [9.17, 15) is 14.3 Å². The molecule has 19 heavy (non-hydrogen) atoms. The van der Waals surface area contributed by atoms with E-state index in [1.54, 1.807) is 0 Å². The Morgan fingerprint density at radius 3 is 2.89 bits per heavy atom. The quantitative estimate of drug-likeness (QED) is 0.741. The largest absolute Gasteiger partial charge is 0.497 e. The number of aliphatic hydroxyl groups is 1. The molecule has 0 heterocycles. The number of benzene rings is 1. The minimum atomic E-state index is -0.537. The number of nitrogens with one attached hydrogen (secondary N) is 2. The van der Waals surface area contributed by atoms with Gasteiger partial charge in [0.1, 0.15) is 11.6 Å². The second-order valence-corrected chi connectivity index (χ2v) is 4.08.